The lowest BCUT2D eigenvalue weighted by molar-refractivity contribution is -0.137. The molecule has 0 saturated carbocycles. The van der Waals surface area contributed by atoms with E-state index in [0.717, 1.165) is 12.1 Å². The van der Waals surface area contributed by atoms with Crippen molar-refractivity contribution in [1.82, 2.24) is 4.90 Å². The fourth-order valence-corrected chi connectivity index (χ4v) is 6.08. The first kappa shape index (κ1) is 24.9. The molecular formula is C23H21F2NO5S3. The Kier molecular flexibility index (Phi) is 8.10. The topological polar surface area (TPSA) is 76.1 Å². The zero-order valence-electron chi connectivity index (χ0n) is 17.9. The van der Waals surface area contributed by atoms with Gasteiger partial charge in [-0.05, 0) is 42.0 Å². The van der Waals surface area contributed by atoms with E-state index in [9.17, 15) is 18.4 Å². The number of benzene rings is 1. The summed E-state index contributed by atoms with van der Waals surface area (Å²) in [5.74, 6) is -2.93. The number of aliphatic carboxylic acids is 1. The number of hydrogen-bond acceptors (Lipinski definition) is 7. The molecule has 0 spiro atoms. The van der Waals surface area contributed by atoms with Crippen molar-refractivity contribution in [2.45, 2.75) is 32.0 Å². The number of amides is 1. The normalized spacial score (nSPS) is 17.9. The first-order valence-electron chi connectivity index (χ1n) is 10.6. The first-order valence-corrected chi connectivity index (χ1v) is 12.7. The Hall–Kier alpha value is -2.18. The van der Waals surface area contributed by atoms with Crippen molar-refractivity contribution >= 4 is 57.6 Å². The van der Waals surface area contributed by atoms with Gasteiger partial charge >= 0.3 is 5.97 Å². The number of carboxylic acid groups (broad SMARTS) is 1. The lowest BCUT2D eigenvalue weighted by Crippen LogP contribution is -2.29. The molecule has 0 unspecified atom stereocenters. The summed E-state index contributed by atoms with van der Waals surface area (Å²) in [4.78, 5) is 26.3. The highest BCUT2D eigenvalue weighted by atomic mass is 32.2. The van der Waals surface area contributed by atoms with Gasteiger partial charge in [0.1, 0.15) is 4.32 Å². The van der Waals surface area contributed by atoms with E-state index >= 15 is 0 Å². The number of rotatable bonds is 9. The Bertz CT molecular complexity index is 1140. The van der Waals surface area contributed by atoms with Crippen LogP contribution in [0.1, 0.15) is 42.4 Å². The van der Waals surface area contributed by atoms with Crippen LogP contribution in [0.3, 0.4) is 0 Å². The average Bonchev–Trinajstić information content (AvgIpc) is 3.51. The van der Waals surface area contributed by atoms with Gasteiger partial charge in [0.05, 0.1) is 18.1 Å². The predicted molar refractivity (Wildman–Crippen MR) is 130 cm³/mol. The minimum atomic E-state index is -0.950. The molecule has 1 amide bonds. The van der Waals surface area contributed by atoms with Crippen LogP contribution in [0.25, 0.3) is 17.2 Å². The molecule has 2 aromatic rings. The number of carbonyl (C=O) groups is 2. The maximum atomic E-state index is 13.9. The molecule has 2 fully saturated rings. The van der Waals surface area contributed by atoms with Crippen molar-refractivity contribution in [2.75, 3.05) is 19.8 Å². The third-order valence-corrected chi connectivity index (χ3v) is 7.68. The van der Waals surface area contributed by atoms with Crippen molar-refractivity contribution in [3.05, 3.63) is 50.6 Å². The highest BCUT2D eigenvalue weighted by molar-refractivity contribution is 8.26. The second-order valence-corrected chi connectivity index (χ2v) is 10.3. The summed E-state index contributed by atoms with van der Waals surface area (Å²) >= 11 is 7.94. The third-order valence-electron chi connectivity index (χ3n) is 5.36. The lowest BCUT2D eigenvalue weighted by atomic mass is 10.0. The van der Waals surface area contributed by atoms with Crippen LogP contribution in [0, 0.1) is 11.6 Å². The predicted octanol–water partition coefficient (Wildman–Crippen LogP) is 5.58. The molecule has 34 heavy (non-hydrogen) atoms. The number of nitrogens with zero attached hydrogens (tertiary/aromatic N) is 1. The summed E-state index contributed by atoms with van der Waals surface area (Å²) in [6, 6.07) is 3.69. The number of carbonyl (C=O) groups excluding carboxylic acids is 1. The molecular weight excluding hydrogens is 504 g/mol. The molecule has 0 atom stereocenters. The average molecular weight is 526 g/mol. The standard InChI is InChI=1S/C23H21F2NO5S3/c24-15-6-5-13(10-16(15)25)14-12-33-17(20(14)22-30-8-9-31-22)11-18-21(29)26(23(32)34-18)7-3-1-2-4-19(27)28/h5-6,10-12,22H,1-4,7-9H2,(H,27,28). The minimum Gasteiger partial charge on any atom is -0.481 e. The Labute approximate surface area is 208 Å². The van der Waals surface area contributed by atoms with Crippen LogP contribution in [-0.2, 0) is 19.1 Å². The number of carboxylic acids is 1. The molecule has 0 bridgehead atoms. The zero-order valence-corrected chi connectivity index (χ0v) is 20.4. The highest BCUT2D eigenvalue weighted by Gasteiger charge is 2.33. The molecule has 2 saturated heterocycles. The van der Waals surface area contributed by atoms with E-state index in [2.05, 4.69) is 0 Å². The van der Waals surface area contributed by atoms with Crippen LogP contribution < -0.4 is 0 Å². The minimum absolute atomic E-state index is 0.102. The molecule has 11 heteroatoms. The van der Waals surface area contributed by atoms with Gasteiger partial charge in [0.2, 0.25) is 0 Å². The van der Waals surface area contributed by atoms with Gasteiger partial charge in [-0.2, -0.15) is 0 Å². The zero-order chi connectivity index (χ0) is 24.2. The molecule has 1 aromatic heterocycles. The van der Waals surface area contributed by atoms with E-state index in [1.165, 1.54) is 34.1 Å². The fraction of sp³-hybridized carbons (Fsp3) is 0.348. The maximum Gasteiger partial charge on any atom is 0.303 e. The van der Waals surface area contributed by atoms with Gasteiger partial charge in [-0.3, -0.25) is 14.5 Å². The summed E-state index contributed by atoms with van der Waals surface area (Å²) in [7, 11) is 0. The quantitative estimate of drug-likeness (QED) is 0.260. The van der Waals surface area contributed by atoms with Crippen molar-refractivity contribution in [2.24, 2.45) is 0 Å². The summed E-state index contributed by atoms with van der Waals surface area (Å²) in [5, 5.41) is 10.5. The van der Waals surface area contributed by atoms with Crippen molar-refractivity contribution in [3.63, 3.8) is 0 Å². The summed E-state index contributed by atoms with van der Waals surface area (Å²) in [5.41, 5.74) is 1.79. The number of thiocarbonyl (C=S) groups is 1. The van der Waals surface area contributed by atoms with E-state index in [1.54, 1.807) is 6.08 Å². The largest absolute Gasteiger partial charge is 0.481 e. The van der Waals surface area contributed by atoms with Crippen LogP contribution >= 0.6 is 35.3 Å². The van der Waals surface area contributed by atoms with E-state index in [0.29, 0.717) is 69.8 Å². The monoisotopic (exact) mass is 525 g/mol. The Balaban J connectivity index is 1.57. The van der Waals surface area contributed by atoms with E-state index in [1.807, 2.05) is 5.38 Å². The Morgan fingerprint density at radius 2 is 1.97 bits per heavy atom. The van der Waals surface area contributed by atoms with Crippen LogP contribution in [0.2, 0.25) is 0 Å². The van der Waals surface area contributed by atoms with Crippen LogP contribution in [0.15, 0.2) is 28.5 Å². The van der Waals surface area contributed by atoms with Crippen molar-refractivity contribution in [3.8, 4) is 11.1 Å². The van der Waals surface area contributed by atoms with Gasteiger partial charge in [0.25, 0.3) is 5.91 Å². The van der Waals surface area contributed by atoms with Crippen LogP contribution in [-0.4, -0.2) is 46.0 Å². The molecule has 0 aliphatic carbocycles. The number of thioether (sulfide) groups is 1. The molecule has 2 aliphatic rings. The second kappa shape index (κ2) is 11.0. The van der Waals surface area contributed by atoms with E-state index in [4.69, 9.17) is 26.8 Å². The van der Waals surface area contributed by atoms with Gasteiger partial charge in [-0.25, -0.2) is 8.78 Å². The molecule has 3 heterocycles. The van der Waals surface area contributed by atoms with E-state index < -0.39 is 23.9 Å². The number of halogens is 2. The molecule has 180 valence electrons. The second-order valence-electron chi connectivity index (χ2n) is 7.67. The molecule has 4 rings (SSSR count). The number of hydrogen-bond donors (Lipinski definition) is 1. The Morgan fingerprint density at radius 1 is 1.21 bits per heavy atom. The molecule has 1 N–H and O–H groups in total. The highest BCUT2D eigenvalue weighted by Crippen LogP contribution is 2.42. The summed E-state index contributed by atoms with van der Waals surface area (Å²) < 4.78 is 39.2. The van der Waals surface area contributed by atoms with Crippen molar-refractivity contribution in [1.29, 1.82) is 0 Å². The van der Waals surface area contributed by atoms with Gasteiger partial charge in [0, 0.05) is 29.0 Å². The maximum absolute atomic E-state index is 13.9. The van der Waals surface area contributed by atoms with Gasteiger partial charge in [0.15, 0.2) is 17.9 Å². The number of ether oxygens (including phenoxy) is 2. The lowest BCUT2D eigenvalue weighted by Gasteiger charge is -2.14. The number of thiophene rings is 1. The first-order chi connectivity index (χ1) is 16.3. The third kappa shape index (κ3) is 5.55. The Morgan fingerprint density at radius 3 is 2.68 bits per heavy atom. The molecule has 0 radical (unpaired) electrons. The molecule has 2 aliphatic heterocycles. The van der Waals surface area contributed by atoms with Crippen LogP contribution in [0.5, 0.6) is 0 Å². The molecule has 1 aromatic carbocycles. The van der Waals surface area contributed by atoms with Crippen molar-refractivity contribution < 1.29 is 33.0 Å². The summed E-state index contributed by atoms with van der Waals surface area (Å²) in [6.45, 7) is 1.23. The smallest absolute Gasteiger partial charge is 0.303 e. The van der Waals surface area contributed by atoms with Gasteiger partial charge in [-0.1, -0.05) is 36.5 Å². The van der Waals surface area contributed by atoms with E-state index in [-0.39, 0.29) is 12.3 Å². The SMILES string of the molecule is O=C(O)CCCCCN1C(=O)C(=Cc2scc(-c3ccc(F)c(F)c3)c2C2OCCO2)SC1=S. The van der Waals surface area contributed by atoms with Crippen LogP contribution in [0.4, 0.5) is 8.78 Å². The number of unbranched alkanes of at least 4 members (excludes halogenated alkanes) is 2. The van der Waals surface area contributed by atoms with Gasteiger partial charge in [-0.15, -0.1) is 11.3 Å². The fourth-order valence-electron chi connectivity index (χ4n) is 3.68. The summed E-state index contributed by atoms with van der Waals surface area (Å²) in [6.07, 6.45) is 3.04. The van der Waals surface area contributed by atoms with Gasteiger partial charge < -0.3 is 14.6 Å². The molecule has 6 nitrogen and oxygen atoms in total.